The predicted molar refractivity (Wildman–Crippen MR) is 97.2 cm³/mol. The molecule has 1 atom stereocenters. The van der Waals surface area contributed by atoms with Gasteiger partial charge < -0.3 is 9.05 Å². The fourth-order valence-electron chi connectivity index (χ4n) is 3.06. The van der Waals surface area contributed by atoms with Crippen molar-refractivity contribution in [1.82, 2.24) is 0 Å². The Labute approximate surface area is 148 Å². The highest BCUT2D eigenvalue weighted by Gasteiger charge is 2.52. The third kappa shape index (κ3) is 3.76. The average molecular weight is 365 g/mol. The Hall–Kier alpha value is -1.75. The van der Waals surface area contributed by atoms with Gasteiger partial charge in [-0.05, 0) is 38.5 Å². The molecule has 0 aliphatic heterocycles. The smallest absolute Gasteiger partial charge is 0.308 e. The Kier molecular flexibility index (Phi) is 6.33. The van der Waals surface area contributed by atoms with Crippen LogP contribution < -0.4 is 0 Å². The van der Waals surface area contributed by atoms with E-state index in [0.29, 0.717) is 0 Å². The van der Waals surface area contributed by atoms with Crippen LogP contribution in [0.4, 0.5) is 0 Å². The summed E-state index contributed by atoms with van der Waals surface area (Å²) < 4.78 is 25.0. The molecule has 1 aliphatic carbocycles. The van der Waals surface area contributed by atoms with Crippen LogP contribution in [0, 0.1) is 16.0 Å². The highest BCUT2D eigenvalue weighted by molar-refractivity contribution is 7.55. The van der Waals surface area contributed by atoms with Gasteiger partial charge in [0.1, 0.15) is 5.16 Å². The summed E-state index contributed by atoms with van der Waals surface area (Å²) in [6.45, 7) is 5.87. The molecule has 136 valence electrons. The summed E-state index contributed by atoms with van der Waals surface area (Å²) in [5, 5.41) is 9.99. The van der Waals surface area contributed by atoms with E-state index in [-0.39, 0.29) is 24.1 Å². The van der Waals surface area contributed by atoms with E-state index in [1.807, 2.05) is 37.3 Å². The maximum absolute atomic E-state index is 13.7. The molecule has 0 aromatic heterocycles. The normalized spacial score (nSPS) is 22.5. The Bertz CT molecular complexity index is 679. The van der Waals surface area contributed by atoms with Gasteiger partial charge in [-0.2, -0.15) is 0 Å². The molecule has 0 amide bonds. The van der Waals surface area contributed by atoms with Crippen LogP contribution >= 0.6 is 7.60 Å². The van der Waals surface area contributed by atoms with Gasteiger partial charge in [0.05, 0.1) is 13.2 Å². The Balaban J connectivity index is 2.55. The summed E-state index contributed by atoms with van der Waals surface area (Å²) in [5.74, 6) is -0.352. The van der Waals surface area contributed by atoms with Crippen molar-refractivity contribution in [2.24, 2.45) is 5.92 Å². The Morgan fingerprint density at radius 2 is 1.60 bits per heavy atom. The number of hydrogen-bond acceptors (Lipinski definition) is 5. The van der Waals surface area contributed by atoms with Gasteiger partial charge in [-0.15, -0.1) is 0 Å². The molecule has 0 spiro atoms. The molecule has 0 radical (unpaired) electrons. The number of allylic oxidation sites excluding steroid dienone is 2. The van der Waals surface area contributed by atoms with E-state index in [9.17, 15) is 14.7 Å². The van der Waals surface area contributed by atoms with Crippen molar-refractivity contribution in [3.8, 4) is 0 Å². The third-order valence-electron chi connectivity index (χ3n) is 4.45. The van der Waals surface area contributed by atoms with Crippen LogP contribution in [-0.2, 0) is 18.8 Å². The molecule has 0 N–H and O–H groups in total. The minimum Gasteiger partial charge on any atom is -0.308 e. The van der Waals surface area contributed by atoms with E-state index in [1.54, 1.807) is 26.0 Å². The number of hydrogen-bond donors (Lipinski definition) is 0. The molecule has 1 aliphatic rings. The second-order valence-electron chi connectivity index (χ2n) is 5.92. The first-order valence-corrected chi connectivity index (χ1v) is 9.88. The third-order valence-corrected chi connectivity index (χ3v) is 7.34. The zero-order valence-electron chi connectivity index (χ0n) is 14.7. The highest BCUT2D eigenvalue weighted by atomic mass is 31.2. The van der Waals surface area contributed by atoms with Crippen molar-refractivity contribution in [1.29, 1.82) is 0 Å². The molecular weight excluding hydrogens is 341 g/mol. The number of rotatable bonds is 8. The lowest BCUT2D eigenvalue weighted by Gasteiger charge is -2.40. The molecule has 2 rings (SSSR count). The van der Waals surface area contributed by atoms with E-state index < -0.39 is 18.8 Å². The van der Waals surface area contributed by atoms with Crippen LogP contribution in [0.1, 0.15) is 26.3 Å². The summed E-state index contributed by atoms with van der Waals surface area (Å²) in [6, 6.07) is 8.51. The van der Waals surface area contributed by atoms with Crippen molar-refractivity contribution >= 4 is 7.60 Å². The molecule has 1 aromatic rings. The largest absolute Gasteiger partial charge is 0.341 e. The maximum Gasteiger partial charge on any atom is 0.341 e. The minimum atomic E-state index is -3.55. The van der Waals surface area contributed by atoms with E-state index in [0.717, 1.165) is 5.56 Å². The summed E-state index contributed by atoms with van der Waals surface area (Å²) in [6.07, 6.45) is 6.50. The highest BCUT2D eigenvalue weighted by Crippen LogP contribution is 2.68. The first-order chi connectivity index (χ1) is 11.9. The number of nitrogens with zero attached hydrogens (tertiary/aromatic N) is 1. The zero-order chi connectivity index (χ0) is 18.5. The summed E-state index contributed by atoms with van der Waals surface area (Å²) in [7, 11) is -3.55. The molecule has 6 nitrogen and oxygen atoms in total. The fraction of sp³-hybridized carbons (Fsp3) is 0.444. The second-order valence-corrected chi connectivity index (χ2v) is 8.36. The van der Waals surface area contributed by atoms with Crippen molar-refractivity contribution in [3.63, 3.8) is 0 Å². The van der Waals surface area contributed by atoms with Gasteiger partial charge in [-0.1, -0.05) is 42.5 Å². The van der Waals surface area contributed by atoms with Crippen LogP contribution in [0.15, 0.2) is 54.6 Å². The summed E-state index contributed by atoms with van der Waals surface area (Å²) >= 11 is 0. The molecule has 1 aromatic carbocycles. The summed E-state index contributed by atoms with van der Waals surface area (Å²) in [4.78, 5) is 10.6. The first-order valence-electron chi connectivity index (χ1n) is 8.34. The number of benzene rings is 1. The van der Waals surface area contributed by atoms with Crippen LogP contribution in [0.3, 0.4) is 0 Å². The summed E-state index contributed by atoms with van der Waals surface area (Å²) in [5.41, 5.74) is 0.805. The molecule has 1 unspecified atom stereocenters. The molecular formula is C18H24NO5P. The molecule has 0 bridgehead atoms. The lowest BCUT2D eigenvalue weighted by Crippen LogP contribution is -2.34. The first kappa shape index (κ1) is 19.6. The average Bonchev–Trinajstić information content (AvgIpc) is 2.62. The molecule has 25 heavy (non-hydrogen) atoms. The van der Waals surface area contributed by atoms with Crippen LogP contribution in [-0.4, -0.2) is 24.2 Å². The van der Waals surface area contributed by atoms with E-state index in [2.05, 4.69) is 0 Å². The van der Waals surface area contributed by atoms with E-state index in [4.69, 9.17) is 9.05 Å². The second kappa shape index (κ2) is 8.09. The molecule has 7 heteroatoms. The lowest BCUT2D eigenvalue weighted by atomic mass is 9.83. The topological polar surface area (TPSA) is 78.7 Å². The molecule has 0 saturated carbocycles. The van der Waals surface area contributed by atoms with Crippen LogP contribution in [0.2, 0.25) is 0 Å². The predicted octanol–water partition coefficient (Wildman–Crippen LogP) is 4.56. The van der Waals surface area contributed by atoms with Gasteiger partial charge in [0.25, 0.3) is 0 Å². The maximum atomic E-state index is 13.7. The van der Waals surface area contributed by atoms with Crippen molar-refractivity contribution in [2.75, 3.05) is 13.2 Å². The van der Waals surface area contributed by atoms with Gasteiger partial charge in [0, 0.05) is 10.8 Å². The van der Waals surface area contributed by atoms with Crippen molar-refractivity contribution < 1.29 is 18.5 Å². The van der Waals surface area contributed by atoms with Crippen molar-refractivity contribution in [2.45, 2.75) is 32.0 Å². The Morgan fingerprint density at radius 3 is 2.04 bits per heavy atom. The monoisotopic (exact) mass is 365 g/mol. The Morgan fingerprint density at radius 1 is 1.08 bits per heavy atom. The quantitative estimate of drug-likeness (QED) is 0.292. The molecule has 0 saturated heterocycles. The SMILES string of the molecule is CCOP(=O)(OCC)C(C)(c1ccccc1)C1C=CC([N+](=O)[O-])C=C1. The van der Waals surface area contributed by atoms with Crippen LogP contribution in [0.5, 0.6) is 0 Å². The van der Waals surface area contributed by atoms with Gasteiger partial charge in [-0.25, -0.2) is 0 Å². The van der Waals surface area contributed by atoms with Gasteiger partial charge in [0.15, 0.2) is 0 Å². The van der Waals surface area contributed by atoms with Crippen LogP contribution in [0.25, 0.3) is 0 Å². The van der Waals surface area contributed by atoms with Gasteiger partial charge in [-0.3, -0.25) is 14.7 Å². The lowest BCUT2D eigenvalue weighted by molar-refractivity contribution is -0.496. The van der Waals surface area contributed by atoms with Crippen molar-refractivity contribution in [3.05, 3.63) is 70.3 Å². The number of nitro groups is 1. The standard InChI is InChI=1S/C18H24NO5P/c1-4-23-25(22,24-5-2)18(3,15-9-7-6-8-10-15)16-11-13-17(14-12-16)19(20)21/h6-14,16-17H,4-5H2,1-3H3. The van der Waals surface area contributed by atoms with E-state index >= 15 is 0 Å². The van der Waals surface area contributed by atoms with Gasteiger partial charge in [0.2, 0.25) is 6.04 Å². The van der Waals surface area contributed by atoms with Gasteiger partial charge >= 0.3 is 7.60 Å². The molecule has 0 fully saturated rings. The zero-order valence-corrected chi connectivity index (χ0v) is 15.6. The fourth-order valence-corrected chi connectivity index (χ4v) is 5.36. The molecule has 0 heterocycles. The minimum absolute atomic E-state index is 0.247. The van der Waals surface area contributed by atoms with E-state index in [1.165, 1.54) is 12.2 Å².